The minimum atomic E-state index is -0.489. The van der Waals surface area contributed by atoms with Gasteiger partial charge in [-0.2, -0.15) is 0 Å². The fourth-order valence-electron chi connectivity index (χ4n) is 3.12. The Hall–Kier alpha value is -0.940. The Morgan fingerprint density at radius 2 is 2.00 bits per heavy atom. The van der Waals surface area contributed by atoms with E-state index in [2.05, 4.69) is 26.6 Å². The molecule has 2 fully saturated rings. The van der Waals surface area contributed by atoms with E-state index in [9.17, 15) is 9.18 Å². The normalized spacial score (nSPS) is 29.3. The molecule has 2 heterocycles. The number of benzene rings is 1. The minimum absolute atomic E-state index is 0.111. The second-order valence-corrected chi connectivity index (χ2v) is 6.24. The van der Waals surface area contributed by atoms with Crippen molar-refractivity contribution in [2.75, 3.05) is 0 Å². The van der Waals surface area contributed by atoms with Crippen molar-refractivity contribution in [1.82, 2.24) is 10.6 Å². The maximum Gasteiger partial charge on any atom is 0.254 e. The topological polar surface area (TPSA) is 41.1 Å². The van der Waals surface area contributed by atoms with Gasteiger partial charge in [-0.3, -0.25) is 4.79 Å². The molecule has 0 saturated carbocycles. The number of hydrogen-bond acceptors (Lipinski definition) is 2. The second-order valence-electron chi connectivity index (χ2n) is 5.38. The first kappa shape index (κ1) is 13.1. The zero-order chi connectivity index (χ0) is 13.4. The van der Waals surface area contributed by atoms with E-state index in [4.69, 9.17) is 0 Å². The maximum atomic E-state index is 13.9. The summed E-state index contributed by atoms with van der Waals surface area (Å²) in [7, 11) is 0. The van der Waals surface area contributed by atoms with Gasteiger partial charge in [0.05, 0.1) is 10.0 Å². The molecule has 2 N–H and O–H groups in total. The Labute approximate surface area is 120 Å². The van der Waals surface area contributed by atoms with Crippen LogP contribution in [0.15, 0.2) is 22.7 Å². The average Bonchev–Trinajstić information content (AvgIpc) is 2.72. The number of fused-ring (bicyclic) bond motifs is 2. The molecule has 2 aliphatic heterocycles. The molecule has 0 aromatic heterocycles. The van der Waals surface area contributed by atoms with Crippen LogP contribution in [0.5, 0.6) is 0 Å². The van der Waals surface area contributed by atoms with Crippen molar-refractivity contribution in [3.8, 4) is 0 Å². The molecule has 19 heavy (non-hydrogen) atoms. The van der Waals surface area contributed by atoms with Crippen LogP contribution >= 0.6 is 15.9 Å². The molecule has 1 aromatic carbocycles. The first-order valence-electron chi connectivity index (χ1n) is 6.64. The number of nitrogens with one attached hydrogen (secondary N) is 2. The van der Waals surface area contributed by atoms with Gasteiger partial charge in [-0.05, 0) is 53.7 Å². The fourth-order valence-corrected chi connectivity index (χ4v) is 3.48. The van der Waals surface area contributed by atoms with Crippen molar-refractivity contribution < 1.29 is 9.18 Å². The van der Waals surface area contributed by atoms with E-state index in [1.54, 1.807) is 12.1 Å². The third-order valence-electron chi connectivity index (χ3n) is 4.00. The SMILES string of the molecule is O=C(NC1CC2CCC(C1)N2)c1cccc(Br)c1F. The molecule has 102 valence electrons. The molecule has 2 atom stereocenters. The lowest BCUT2D eigenvalue weighted by Gasteiger charge is -2.29. The van der Waals surface area contributed by atoms with Gasteiger partial charge in [0, 0.05) is 18.1 Å². The molecule has 5 heteroatoms. The predicted molar refractivity (Wildman–Crippen MR) is 74.5 cm³/mol. The Balaban J connectivity index is 1.70. The summed E-state index contributed by atoms with van der Waals surface area (Å²) < 4.78 is 14.2. The van der Waals surface area contributed by atoms with Crippen LogP contribution in [-0.2, 0) is 0 Å². The van der Waals surface area contributed by atoms with Crippen LogP contribution in [0.4, 0.5) is 4.39 Å². The van der Waals surface area contributed by atoms with Crippen LogP contribution in [-0.4, -0.2) is 24.0 Å². The lowest BCUT2D eigenvalue weighted by molar-refractivity contribution is 0.0919. The lowest BCUT2D eigenvalue weighted by atomic mass is 9.99. The van der Waals surface area contributed by atoms with Crippen molar-refractivity contribution >= 4 is 21.8 Å². The molecule has 2 bridgehead atoms. The maximum absolute atomic E-state index is 13.9. The first-order chi connectivity index (χ1) is 9.13. The molecule has 0 spiro atoms. The lowest BCUT2D eigenvalue weighted by Crippen LogP contribution is -2.48. The van der Waals surface area contributed by atoms with Gasteiger partial charge in [0.1, 0.15) is 5.82 Å². The molecular formula is C14H16BrFN2O. The summed E-state index contributed by atoms with van der Waals surface area (Å²) in [6.07, 6.45) is 4.25. The molecule has 3 nitrogen and oxygen atoms in total. The predicted octanol–water partition coefficient (Wildman–Crippen LogP) is 2.60. The number of hydrogen-bond donors (Lipinski definition) is 2. The molecule has 0 aliphatic carbocycles. The number of piperidine rings is 1. The standard InChI is InChI=1S/C14H16BrFN2O/c15-12-3-1-2-11(13(12)16)14(19)18-10-6-8-4-5-9(7-10)17-8/h1-3,8-10,17H,4-7H2,(H,18,19). The first-order valence-corrected chi connectivity index (χ1v) is 7.43. The van der Waals surface area contributed by atoms with E-state index < -0.39 is 5.82 Å². The monoisotopic (exact) mass is 326 g/mol. The van der Waals surface area contributed by atoms with Crippen molar-refractivity contribution in [3.63, 3.8) is 0 Å². The average molecular weight is 327 g/mol. The molecule has 1 amide bonds. The summed E-state index contributed by atoms with van der Waals surface area (Å²) in [6.45, 7) is 0. The van der Waals surface area contributed by atoms with Crippen LogP contribution in [0.1, 0.15) is 36.0 Å². The van der Waals surface area contributed by atoms with E-state index in [1.807, 2.05) is 0 Å². The van der Waals surface area contributed by atoms with Gasteiger partial charge in [0.25, 0.3) is 5.91 Å². The van der Waals surface area contributed by atoms with Crippen molar-refractivity contribution in [1.29, 1.82) is 0 Å². The fraction of sp³-hybridized carbons (Fsp3) is 0.500. The molecule has 1 aromatic rings. The summed E-state index contributed by atoms with van der Waals surface area (Å²) in [5, 5.41) is 6.49. The molecule has 2 saturated heterocycles. The van der Waals surface area contributed by atoms with Gasteiger partial charge in [-0.1, -0.05) is 6.07 Å². The number of halogens is 2. The summed E-state index contributed by atoms with van der Waals surface area (Å²) in [5.74, 6) is -0.804. The smallest absolute Gasteiger partial charge is 0.254 e. The Morgan fingerprint density at radius 1 is 1.32 bits per heavy atom. The van der Waals surface area contributed by atoms with Crippen LogP contribution < -0.4 is 10.6 Å². The number of rotatable bonds is 2. The zero-order valence-electron chi connectivity index (χ0n) is 10.5. The van der Waals surface area contributed by atoms with E-state index in [-0.39, 0.29) is 17.5 Å². The molecule has 2 unspecified atom stereocenters. The van der Waals surface area contributed by atoms with Gasteiger partial charge in [0.2, 0.25) is 0 Å². The van der Waals surface area contributed by atoms with Crippen molar-refractivity contribution in [2.45, 2.75) is 43.8 Å². The van der Waals surface area contributed by atoms with Crippen LogP contribution in [0.2, 0.25) is 0 Å². The number of amides is 1. The van der Waals surface area contributed by atoms with Gasteiger partial charge in [-0.15, -0.1) is 0 Å². The van der Waals surface area contributed by atoms with E-state index in [1.165, 1.54) is 18.9 Å². The van der Waals surface area contributed by atoms with E-state index in [0.29, 0.717) is 16.6 Å². The highest BCUT2D eigenvalue weighted by atomic mass is 79.9. The second kappa shape index (κ2) is 5.21. The highest BCUT2D eigenvalue weighted by Crippen LogP contribution is 2.27. The Morgan fingerprint density at radius 3 is 2.68 bits per heavy atom. The summed E-state index contributed by atoms with van der Waals surface area (Å²) in [4.78, 5) is 12.1. The summed E-state index contributed by atoms with van der Waals surface area (Å²) in [5.41, 5.74) is 0.111. The number of carbonyl (C=O) groups excluding carboxylic acids is 1. The van der Waals surface area contributed by atoms with E-state index >= 15 is 0 Å². The van der Waals surface area contributed by atoms with Gasteiger partial charge >= 0.3 is 0 Å². The van der Waals surface area contributed by atoms with E-state index in [0.717, 1.165) is 12.8 Å². The summed E-state index contributed by atoms with van der Waals surface area (Å²) in [6, 6.07) is 5.97. The van der Waals surface area contributed by atoms with Gasteiger partial charge in [-0.25, -0.2) is 4.39 Å². The zero-order valence-corrected chi connectivity index (χ0v) is 12.0. The highest BCUT2D eigenvalue weighted by Gasteiger charge is 2.34. The highest BCUT2D eigenvalue weighted by molar-refractivity contribution is 9.10. The molecule has 0 radical (unpaired) electrons. The molecule has 3 rings (SSSR count). The Kier molecular flexibility index (Phi) is 3.58. The van der Waals surface area contributed by atoms with Crippen molar-refractivity contribution in [3.05, 3.63) is 34.1 Å². The van der Waals surface area contributed by atoms with Crippen molar-refractivity contribution in [2.24, 2.45) is 0 Å². The molecule has 2 aliphatic rings. The third kappa shape index (κ3) is 2.67. The Bertz CT molecular complexity index is 496. The van der Waals surface area contributed by atoms with Gasteiger partial charge in [0.15, 0.2) is 0 Å². The quantitative estimate of drug-likeness (QED) is 0.877. The summed E-state index contributed by atoms with van der Waals surface area (Å²) >= 11 is 3.10. The van der Waals surface area contributed by atoms with Gasteiger partial charge < -0.3 is 10.6 Å². The minimum Gasteiger partial charge on any atom is -0.349 e. The van der Waals surface area contributed by atoms with Crippen LogP contribution in [0.3, 0.4) is 0 Å². The molecular weight excluding hydrogens is 311 g/mol. The van der Waals surface area contributed by atoms with Crippen LogP contribution in [0.25, 0.3) is 0 Å². The number of carbonyl (C=O) groups is 1. The third-order valence-corrected chi connectivity index (χ3v) is 4.62. The largest absolute Gasteiger partial charge is 0.349 e. The van der Waals surface area contributed by atoms with Crippen LogP contribution in [0, 0.1) is 5.82 Å².